The van der Waals surface area contributed by atoms with Crippen molar-refractivity contribution in [1.82, 2.24) is 4.90 Å². The van der Waals surface area contributed by atoms with Crippen molar-refractivity contribution in [1.29, 1.82) is 0 Å². The molecule has 1 aliphatic heterocycles. The summed E-state index contributed by atoms with van der Waals surface area (Å²) in [6, 6.07) is 5.39. The van der Waals surface area contributed by atoms with Crippen LogP contribution in [-0.2, 0) is 20.1 Å². The van der Waals surface area contributed by atoms with E-state index in [4.69, 9.17) is 27.9 Å². The van der Waals surface area contributed by atoms with Crippen molar-refractivity contribution in [2.75, 3.05) is 25.4 Å². The summed E-state index contributed by atoms with van der Waals surface area (Å²) in [5.41, 5.74) is 0.972. The predicted octanol–water partition coefficient (Wildman–Crippen LogP) is 4.03. The number of rotatable bonds is 6. The fourth-order valence-corrected chi connectivity index (χ4v) is 4.09. The molecule has 1 amide bonds. The second-order valence-corrected chi connectivity index (χ2v) is 7.46. The smallest absolute Gasteiger partial charge is 0.309 e. The second kappa shape index (κ2) is 9.54. The van der Waals surface area contributed by atoms with Crippen molar-refractivity contribution in [2.24, 2.45) is 5.92 Å². The predicted molar refractivity (Wildman–Crippen MR) is 98.6 cm³/mol. The number of carbonyl (C=O) groups is 2. The number of likely N-dealkylation sites (tertiary alicyclic amines) is 1. The van der Waals surface area contributed by atoms with E-state index in [-0.39, 0.29) is 17.8 Å². The minimum atomic E-state index is -0.142. The molecule has 1 aromatic carbocycles. The van der Waals surface area contributed by atoms with Gasteiger partial charge in [-0.15, -0.1) is 11.8 Å². The highest BCUT2D eigenvalue weighted by molar-refractivity contribution is 7.99. The maximum absolute atomic E-state index is 12.3. The molecule has 0 aromatic heterocycles. The molecule has 0 N–H and O–H groups in total. The molecule has 2 rings (SSSR count). The zero-order chi connectivity index (χ0) is 17.5. The van der Waals surface area contributed by atoms with Gasteiger partial charge < -0.3 is 9.64 Å². The van der Waals surface area contributed by atoms with Gasteiger partial charge in [-0.25, -0.2) is 0 Å². The summed E-state index contributed by atoms with van der Waals surface area (Å²) in [6.07, 6.45) is 1.36. The Morgan fingerprint density at radius 3 is 2.62 bits per heavy atom. The first kappa shape index (κ1) is 19.4. The lowest BCUT2D eigenvalue weighted by Crippen LogP contribution is -2.41. The third-order valence-electron chi connectivity index (χ3n) is 3.97. The molecule has 7 heteroatoms. The summed E-state index contributed by atoms with van der Waals surface area (Å²) in [5, 5.41) is 1.23. The van der Waals surface area contributed by atoms with Gasteiger partial charge in [0, 0.05) is 28.9 Å². The zero-order valence-corrected chi connectivity index (χ0v) is 15.9. The number of halogens is 2. The lowest BCUT2D eigenvalue weighted by Gasteiger charge is -2.30. The van der Waals surface area contributed by atoms with Crippen LogP contribution in [-0.4, -0.2) is 42.2 Å². The first-order valence-electron chi connectivity index (χ1n) is 7.97. The molecule has 0 saturated carbocycles. The van der Waals surface area contributed by atoms with Crippen LogP contribution in [0.15, 0.2) is 18.2 Å². The van der Waals surface area contributed by atoms with E-state index >= 15 is 0 Å². The molecular formula is C17H21Cl2NO3S. The molecule has 0 spiro atoms. The van der Waals surface area contributed by atoms with Crippen molar-refractivity contribution in [3.63, 3.8) is 0 Å². The first-order valence-corrected chi connectivity index (χ1v) is 9.88. The van der Waals surface area contributed by atoms with Crippen molar-refractivity contribution in [3.05, 3.63) is 33.8 Å². The maximum atomic E-state index is 12.3. The van der Waals surface area contributed by atoms with E-state index in [1.807, 2.05) is 11.0 Å². The van der Waals surface area contributed by atoms with Crippen LogP contribution in [0.25, 0.3) is 0 Å². The van der Waals surface area contributed by atoms with Crippen LogP contribution < -0.4 is 0 Å². The molecule has 1 saturated heterocycles. The van der Waals surface area contributed by atoms with Gasteiger partial charge in [-0.2, -0.15) is 0 Å². The Morgan fingerprint density at radius 1 is 1.29 bits per heavy atom. The molecule has 0 atom stereocenters. The Morgan fingerprint density at radius 2 is 2.00 bits per heavy atom. The molecule has 4 nitrogen and oxygen atoms in total. The third kappa shape index (κ3) is 5.57. The average Bonchev–Trinajstić information content (AvgIpc) is 2.57. The summed E-state index contributed by atoms with van der Waals surface area (Å²) in [4.78, 5) is 25.8. The summed E-state index contributed by atoms with van der Waals surface area (Å²) in [6.45, 7) is 3.44. The molecule has 132 valence electrons. The number of hydrogen-bond donors (Lipinski definition) is 0. The van der Waals surface area contributed by atoms with Gasteiger partial charge >= 0.3 is 5.97 Å². The molecule has 1 aromatic rings. The number of carbonyl (C=O) groups excluding carboxylic acids is 2. The zero-order valence-electron chi connectivity index (χ0n) is 13.6. The first-order chi connectivity index (χ1) is 11.5. The Hall–Kier alpha value is -0.910. The molecule has 1 aliphatic rings. The summed E-state index contributed by atoms with van der Waals surface area (Å²) < 4.78 is 5.04. The van der Waals surface area contributed by atoms with E-state index in [1.165, 1.54) is 11.8 Å². The number of ether oxygens (including phenoxy) is 1. The van der Waals surface area contributed by atoms with Crippen molar-refractivity contribution >= 4 is 46.8 Å². The summed E-state index contributed by atoms with van der Waals surface area (Å²) >= 11 is 13.5. The molecule has 0 unspecified atom stereocenters. The minimum Gasteiger partial charge on any atom is -0.466 e. The molecule has 1 heterocycles. The number of benzene rings is 1. The van der Waals surface area contributed by atoms with Gasteiger partial charge in [0.15, 0.2) is 0 Å². The van der Waals surface area contributed by atoms with Crippen LogP contribution in [0.5, 0.6) is 0 Å². The van der Waals surface area contributed by atoms with Gasteiger partial charge in [0.25, 0.3) is 0 Å². The van der Waals surface area contributed by atoms with Crippen LogP contribution in [0.1, 0.15) is 25.3 Å². The standard InChI is InChI=1S/C17H21Cl2NO3S/c1-2-23-17(22)12-5-7-20(8-6-12)16(21)11-24-10-13-3-4-14(18)9-15(13)19/h3-4,9,12H,2,5-8,10-11H2,1H3. The van der Waals surface area contributed by atoms with Gasteiger partial charge in [0.1, 0.15) is 0 Å². The lowest BCUT2D eigenvalue weighted by atomic mass is 9.97. The lowest BCUT2D eigenvalue weighted by molar-refractivity contribution is -0.151. The normalized spacial score (nSPS) is 15.4. The Labute approximate surface area is 156 Å². The fourth-order valence-electron chi connectivity index (χ4n) is 2.60. The van der Waals surface area contributed by atoms with Crippen molar-refractivity contribution < 1.29 is 14.3 Å². The van der Waals surface area contributed by atoms with Crippen molar-refractivity contribution in [3.8, 4) is 0 Å². The number of amides is 1. The topological polar surface area (TPSA) is 46.6 Å². The van der Waals surface area contributed by atoms with Gasteiger partial charge in [-0.1, -0.05) is 29.3 Å². The fraction of sp³-hybridized carbons (Fsp3) is 0.529. The van der Waals surface area contributed by atoms with Gasteiger partial charge in [0.05, 0.1) is 18.3 Å². The van der Waals surface area contributed by atoms with E-state index in [2.05, 4.69) is 0 Å². The van der Waals surface area contributed by atoms with E-state index in [9.17, 15) is 9.59 Å². The molecule has 24 heavy (non-hydrogen) atoms. The Bertz CT molecular complexity index is 589. The number of piperidine rings is 1. The molecular weight excluding hydrogens is 369 g/mol. The number of esters is 1. The Kier molecular flexibility index (Phi) is 7.72. The minimum absolute atomic E-state index is 0.0745. The highest BCUT2D eigenvalue weighted by Gasteiger charge is 2.27. The van der Waals surface area contributed by atoms with Crippen LogP contribution in [0, 0.1) is 5.92 Å². The van der Waals surface area contributed by atoms with Gasteiger partial charge in [-0.3, -0.25) is 9.59 Å². The second-order valence-electron chi connectivity index (χ2n) is 5.64. The summed E-state index contributed by atoms with van der Waals surface area (Å²) in [7, 11) is 0. The summed E-state index contributed by atoms with van der Waals surface area (Å²) in [5.74, 6) is 0.961. The van der Waals surface area contributed by atoms with E-state index in [1.54, 1.807) is 19.1 Å². The number of hydrogen-bond acceptors (Lipinski definition) is 4. The van der Waals surface area contributed by atoms with Crippen LogP contribution in [0.3, 0.4) is 0 Å². The largest absolute Gasteiger partial charge is 0.466 e. The Balaban J connectivity index is 1.73. The van der Waals surface area contributed by atoms with E-state index in [0.29, 0.717) is 54.1 Å². The maximum Gasteiger partial charge on any atom is 0.309 e. The SMILES string of the molecule is CCOC(=O)C1CCN(C(=O)CSCc2ccc(Cl)cc2Cl)CC1. The van der Waals surface area contributed by atoms with Crippen LogP contribution in [0.4, 0.5) is 0 Å². The highest BCUT2D eigenvalue weighted by Crippen LogP contribution is 2.25. The van der Waals surface area contributed by atoms with E-state index < -0.39 is 0 Å². The molecule has 0 bridgehead atoms. The van der Waals surface area contributed by atoms with Crippen LogP contribution in [0.2, 0.25) is 10.0 Å². The number of nitrogens with zero attached hydrogens (tertiary/aromatic N) is 1. The van der Waals surface area contributed by atoms with E-state index in [0.717, 1.165) is 5.56 Å². The van der Waals surface area contributed by atoms with Gasteiger partial charge in [0.2, 0.25) is 5.91 Å². The van der Waals surface area contributed by atoms with Crippen molar-refractivity contribution in [2.45, 2.75) is 25.5 Å². The molecule has 0 radical (unpaired) electrons. The highest BCUT2D eigenvalue weighted by atomic mass is 35.5. The third-order valence-corrected chi connectivity index (χ3v) is 5.52. The quantitative estimate of drug-likeness (QED) is 0.689. The van der Waals surface area contributed by atoms with Crippen LogP contribution >= 0.6 is 35.0 Å². The van der Waals surface area contributed by atoms with Gasteiger partial charge in [-0.05, 0) is 37.5 Å². The molecule has 1 fully saturated rings. The average molecular weight is 390 g/mol. The monoisotopic (exact) mass is 389 g/mol. The molecule has 0 aliphatic carbocycles. The number of thioether (sulfide) groups is 1.